The van der Waals surface area contributed by atoms with Crippen LogP contribution in [0.5, 0.6) is 11.5 Å². The summed E-state index contributed by atoms with van der Waals surface area (Å²) in [7, 11) is 7.57. The molecular formula is C25H28N4O2S. The van der Waals surface area contributed by atoms with E-state index < -0.39 is 0 Å². The normalized spacial score (nSPS) is 11.4. The molecule has 1 aromatic heterocycles. The number of aromatic nitrogens is 2. The molecule has 0 aliphatic heterocycles. The van der Waals surface area contributed by atoms with Gasteiger partial charge in [0.1, 0.15) is 11.5 Å². The van der Waals surface area contributed by atoms with Crippen molar-refractivity contribution in [1.82, 2.24) is 9.97 Å². The van der Waals surface area contributed by atoms with Gasteiger partial charge in [0.2, 0.25) is 0 Å². The lowest BCUT2D eigenvalue weighted by Gasteiger charge is -2.14. The molecule has 32 heavy (non-hydrogen) atoms. The molecule has 0 fully saturated rings. The Bertz CT molecular complexity index is 1070. The number of hydrogen-bond donors (Lipinski definition) is 2. The zero-order valence-electron chi connectivity index (χ0n) is 18.9. The molecule has 166 valence electrons. The molecule has 3 aromatic rings. The molecule has 2 aromatic carbocycles. The molecule has 0 bridgehead atoms. The van der Waals surface area contributed by atoms with Gasteiger partial charge in [0, 0.05) is 28.2 Å². The van der Waals surface area contributed by atoms with Crippen LogP contribution in [0.3, 0.4) is 0 Å². The van der Waals surface area contributed by atoms with E-state index in [2.05, 4.69) is 9.97 Å². The third-order valence-corrected chi connectivity index (χ3v) is 5.33. The van der Waals surface area contributed by atoms with Crippen molar-refractivity contribution < 1.29 is 10.2 Å². The number of nitrogens with zero attached hydrogens (tertiary/aromatic N) is 4. The number of benzene rings is 2. The van der Waals surface area contributed by atoms with E-state index in [1.54, 1.807) is 12.1 Å². The Kier molecular flexibility index (Phi) is 7.43. The molecule has 0 radical (unpaired) electrons. The standard InChI is InChI=1S/C25H28N4O2S/c1-28(2)21-12-8-17(14-23(21)30)6-10-19-16-20(27-25(26-19)32-5)11-7-18-9-13-22(29(3)4)24(31)15-18/h6-16,30-31H,1-5H3/b10-6+,11-7+. The molecule has 0 unspecified atom stereocenters. The summed E-state index contributed by atoms with van der Waals surface area (Å²) in [5.74, 6) is 0.466. The lowest BCUT2D eigenvalue weighted by atomic mass is 10.1. The fraction of sp³-hybridized carbons (Fsp3) is 0.200. The Morgan fingerprint density at radius 2 is 1.12 bits per heavy atom. The summed E-state index contributed by atoms with van der Waals surface area (Å²) in [6, 6.07) is 13.0. The smallest absolute Gasteiger partial charge is 0.188 e. The van der Waals surface area contributed by atoms with Gasteiger partial charge in [0.25, 0.3) is 0 Å². The first kappa shape index (κ1) is 23.2. The van der Waals surface area contributed by atoms with E-state index in [9.17, 15) is 10.2 Å². The maximum Gasteiger partial charge on any atom is 0.188 e. The highest BCUT2D eigenvalue weighted by Crippen LogP contribution is 2.28. The topological polar surface area (TPSA) is 72.7 Å². The zero-order chi connectivity index (χ0) is 23.3. The van der Waals surface area contributed by atoms with Crippen molar-refractivity contribution in [2.24, 2.45) is 0 Å². The van der Waals surface area contributed by atoms with E-state index in [0.717, 1.165) is 33.9 Å². The van der Waals surface area contributed by atoms with Gasteiger partial charge in [-0.2, -0.15) is 0 Å². The number of aromatic hydroxyl groups is 2. The van der Waals surface area contributed by atoms with Crippen LogP contribution in [0.2, 0.25) is 0 Å². The molecule has 0 atom stereocenters. The van der Waals surface area contributed by atoms with Gasteiger partial charge in [0.15, 0.2) is 5.16 Å². The van der Waals surface area contributed by atoms with E-state index >= 15 is 0 Å². The number of thioether (sulfide) groups is 1. The van der Waals surface area contributed by atoms with Gasteiger partial charge < -0.3 is 20.0 Å². The largest absolute Gasteiger partial charge is 0.506 e. The first-order valence-corrected chi connectivity index (χ1v) is 11.3. The average molecular weight is 449 g/mol. The molecule has 0 saturated carbocycles. The van der Waals surface area contributed by atoms with Crippen LogP contribution in [0.25, 0.3) is 24.3 Å². The van der Waals surface area contributed by atoms with Crippen LogP contribution in [0.4, 0.5) is 11.4 Å². The molecule has 0 aliphatic rings. The van der Waals surface area contributed by atoms with Crippen LogP contribution in [0.15, 0.2) is 47.6 Å². The molecule has 2 N–H and O–H groups in total. The van der Waals surface area contributed by atoms with Crippen LogP contribution in [-0.4, -0.2) is 54.6 Å². The Morgan fingerprint density at radius 3 is 1.47 bits per heavy atom. The molecule has 3 rings (SSSR count). The predicted molar refractivity (Wildman–Crippen MR) is 137 cm³/mol. The van der Waals surface area contributed by atoms with Gasteiger partial charge >= 0.3 is 0 Å². The van der Waals surface area contributed by atoms with E-state index in [4.69, 9.17) is 0 Å². The lowest BCUT2D eigenvalue weighted by Crippen LogP contribution is -2.08. The monoisotopic (exact) mass is 448 g/mol. The number of phenols is 2. The zero-order valence-corrected chi connectivity index (χ0v) is 19.8. The maximum absolute atomic E-state index is 10.2. The Labute approximate surface area is 193 Å². The average Bonchev–Trinajstić information content (AvgIpc) is 2.75. The fourth-order valence-electron chi connectivity index (χ4n) is 3.13. The van der Waals surface area contributed by atoms with Crippen LogP contribution < -0.4 is 9.80 Å². The number of hydrogen-bond acceptors (Lipinski definition) is 7. The maximum atomic E-state index is 10.2. The second-order valence-corrected chi connectivity index (χ2v) is 8.43. The van der Waals surface area contributed by atoms with Crippen molar-refractivity contribution in [3.8, 4) is 11.5 Å². The number of phenolic OH excluding ortho intramolecular Hbond substituents is 2. The summed E-state index contributed by atoms with van der Waals surface area (Å²) in [5.41, 5.74) is 4.84. The first-order valence-electron chi connectivity index (χ1n) is 10.1. The van der Waals surface area contributed by atoms with Crippen molar-refractivity contribution in [2.75, 3.05) is 44.2 Å². The molecular weight excluding hydrogens is 420 g/mol. The van der Waals surface area contributed by atoms with Crippen LogP contribution >= 0.6 is 11.8 Å². The third kappa shape index (κ3) is 5.82. The van der Waals surface area contributed by atoms with Crippen LogP contribution in [0, 0.1) is 0 Å². The predicted octanol–water partition coefficient (Wildman–Crippen LogP) is 5.08. The highest BCUT2D eigenvalue weighted by Gasteiger charge is 2.05. The lowest BCUT2D eigenvalue weighted by molar-refractivity contribution is 0.475. The van der Waals surface area contributed by atoms with E-state index in [-0.39, 0.29) is 11.5 Å². The summed E-state index contributed by atoms with van der Waals surface area (Å²) < 4.78 is 0. The van der Waals surface area contributed by atoms with Gasteiger partial charge in [-0.1, -0.05) is 36.0 Å². The van der Waals surface area contributed by atoms with Crippen molar-refractivity contribution >= 4 is 47.4 Å². The molecule has 0 amide bonds. The summed E-state index contributed by atoms with van der Waals surface area (Å²) in [6.07, 6.45) is 9.57. The van der Waals surface area contributed by atoms with Crippen molar-refractivity contribution in [1.29, 1.82) is 0 Å². The van der Waals surface area contributed by atoms with Crippen molar-refractivity contribution in [3.05, 3.63) is 65.0 Å². The Morgan fingerprint density at radius 1 is 0.688 bits per heavy atom. The summed E-state index contributed by atoms with van der Waals surface area (Å²) >= 11 is 1.47. The molecule has 6 nitrogen and oxygen atoms in total. The quantitative estimate of drug-likeness (QED) is 0.386. The third-order valence-electron chi connectivity index (χ3n) is 4.78. The minimum Gasteiger partial charge on any atom is -0.506 e. The Balaban J connectivity index is 1.84. The summed E-state index contributed by atoms with van der Waals surface area (Å²) in [4.78, 5) is 12.8. The minimum absolute atomic E-state index is 0.233. The SMILES string of the molecule is CSc1nc(/C=C/c2ccc(N(C)C)c(O)c2)cc(/C=C/c2ccc(N(C)C)c(O)c2)n1. The van der Waals surface area contributed by atoms with E-state index in [1.807, 2.05) is 98.9 Å². The van der Waals surface area contributed by atoms with Crippen molar-refractivity contribution in [3.63, 3.8) is 0 Å². The van der Waals surface area contributed by atoms with Gasteiger partial charge in [-0.05, 0) is 59.9 Å². The molecule has 7 heteroatoms. The summed E-state index contributed by atoms with van der Waals surface area (Å²) in [6.45, 7) is 0. The Hall–Kier alpha value is -3.45. The molecule has 0 aliphatic carbocycles. The van der Waals surface area contributed by atoms with E-state index in [1.165, 1.54) is 11.8 Å². The minimum atomic E-state index is 0.233. The van der Waals surface area contributed by atoms with Gasteiger partial charge in [-0.3, -0.25) is 0 Å². The summed E-state index contributed by atoms with van der Waals surface area (Å²) in [5, 5.41) is 21.1. The van der Waals surface area contributed by atoms with E-state index in [0.29, 0.717) is 5.16 Å². The number of rotatable bonds is 7. The van der Waals surface area contributed by atoms with Crippen molar-refractivity contribution in [2.45, 2.75) is 5.16 Å². The van der Waals surface area contributed by atoms with Gasteiger partial charge in [-0.15, -0.1) is 0 Å². The fourth-order valence-corrected chi connectivity index (χ4v) is 3.53. The highest BCUT2D eigenvalue weighted by atomic mass is 32.2. The molecule has 1 heterocycles. The van der Waals surface area contributed by atoms with Crippen LogP contribution in [-0.2, 0) is 0 Å². The molecule has 0 saturated heterocycles. The van der Waals surface area contributed by atoms with Crippen LogP contribution in [0.1, 0.15) is 22.5 Å². The highest BCUT2D eigenvalue weighted by molar-refractivity contribution is 7.98. The first-order chi connectivity index (χ1) is 15.3. The second kappa shape index (κ2) is 10.2. The van der Waals surface area contributed by atoms with Gasteiger partial charge in [0.05, 0.1) is 22.8 Å². The number of anilines is 2. The second-order valence-electron chi connectivity index (χ2n) is 7.66. The molecule has 0 spiro atoms. The van der Waals surface area contributed by atoms with Gasteiger partial charge in [-0.25, -0.2) is 9.97 Å².